The molecule has 0 saturated heterocycles. The summed E-state index contributed by atoms with van der Waals surface area (Å²) in [6, 6.07) is 25.4. The molecule has 0 bridgehead atoms. The number of fused-ring (bicyclic) bond motifs is 1. The molecule has 4 fully saturated rings. The van der Waals surface area contributed by atoms with E-state index in [-0.39, 0.29) is 6.04 Å². The highest BCUT2D eigenvalue weighted by molar-refractivity contribution is 5.63. The summed E-state index contributed by atoms with van der Waals surface area (Å²) in [6.45, 7) is 0. The molecule has 0 amide bonds. The van der Waals surface area contributed by atoms with Crippen molar-refractivity contribution in [2.24, 2.45) is 11.8 Å². The Morgan fingerprint density at radius 3 is 1.93 bits per heavy atom. The van der Waals surface area contributed by atoms with Crippen molar-refractivity contribution >= 4 is 5.69 Å². The van der Waals surface area contributed by atoms with Crippen molar-refractivity contribution in [1.82, 2.24) is 4.98 Å². The van der Waals surface area contributed by atoms with E-state index < -0.39 is 0 Å². The molecule has 0 radical (unpaired) electrons. The number of benzene rings is 2. The number of aromatic nitrogens is 1. The quantitative estimate of drug-likeness (QED) is 0.327. The predicted molar refractivity (Wildman–Crippen MR) is 167 cm³/mol. The molecule has 2 nitrogen and oxygen atoms in total. The molecule has 1 aromatic heterocycles. The Hall–Kier alpha value is -2.61. The van der Waals surface area contributed by atoms with Gasteiger partial charge in [0.2, 0.25) is 0 Å². The van der Waals surface area contributed by atoms with E-state index >= 15 is 0 Å². The highest BCUT2D eigenvalue weighted by atomic mass is 15.0. The van der Waals surface area contributed by atoms with E-state index in [4.69, 9.17) is 4.98 Å². The minimum absolute atomic E-state index is 0.0644. The van der Waals surface area contributed by atoms with Crippen LogP contribution in [0.4, 0.5) is 5.69 Å². The van der Waals surface area contributed by atoms with Gasteiger partial charge in [-0.2, -0.15) is 0 Å². The fraction of sp³-hybridized carbons (Fsp3) is 0.553. The SMILES string of the molecule is c1ccc(C(Nc2c(C3CCCC3)cccc2C2CCCC2)c2cccc(C3CCCC4CCCCC43)n2)cc1. The summed E-state index contributed by atoms with van der Waals surface area (Å²) in [7, 11) is 0. The van der Waals surface area contributed by atoms with Crippen molar-refractivity contribution in [3.8, 4) is 0 Å². The van der Waals surface area contributed by atoms with Gasteiger partial charge in [0.15, 0.2) is 0 Å². The minimum atomic E-state index is 0.0644. The molecule has 4 unspecified atom stereocenters. The summed E-state index contributed by atoms with van der Waals surface area (Å²) in [5, 5.41) is 4.23. The van der Waals surface area contributed by atoms with Crippen LogP contribution in [-0.2, 0) is 0 Å². The van der Waals surface area contributed by atoms with Crippen LogP contribution in [-0.4, -0.2) is 4.98 Å². The Labute approximate surface area is 242 Å². The lowest BCUT2D eigenvalue weighted by Crippen LogP contribution is -2.30. The monoisotopic (exact) mass is 532 g/mol. The van der Waals surface area contributed by atoms with E-state index in [0.717, 1.165) is 11.8 Å². The fourth-order valence-corrected chi connectivity index (χ4v) is 9.17. The summed E-state index contributed by atoms with van der Waals surface area (Å²) >= 11 is 0. The van der Waals surface area contributed by atoms with Gasteiger partial charge in [-0.25, -0.2) is 0 Å². The number of pyridine rings is 1. The number of hydrogen-bond acceptors (Lipinski definition) is 2. The van der Waals surface area contributed by atoms with Crippen LogP contribution in [0.15, 0.2) is 66.7 Å². The average Bonchev–Trinajstić information content (AvgIpc) is 3.76. The van der Waals surface area contributed by atoms with E-state index in [9.17, 15) is 0 Å². The van der Waals surface area contributed by atoms with Crippen LogP contribution in [0.3, 0.4) is 0 Å². The predicted octanol–water partition coefficient (Wildman–Crippen LogP) is 10.7. The normalized spacial score (nSPS) is 26.4. The second-order valence-electron chi connectivity index (χ2n) is 13.5. The van der Waals surface area contributed by atoms with Crippen LogP contribution in [0.5, 0.6) is 0 Å². The van der Waals surface area contributed by atoms with Crippen LogP contribution >= 0.6 is 0 Å². The van der Waals surface area contributed by atoms with E-state index in [0.29, 0.717) is 17.8 Å². The van der Waals surface area contributed by atoms with Gasteiger partial charge >= 0.3 is 0 Å². The van der Waals surface area contributed by atoms with Gasteiger partial charge in [0.25, 0.3) is 0 Å². The molecule has 4 aliphatic rings. The number of anilines is 1. The first-order valence-electron chi connectivity index (χ1n) is 16.8. The van der Waals surface area contributed by atoms with Crippen LogP contribution in [0.25, 0.3) is 0 Å². The van der Waals surface area contributed by atoms with Crippen molar-refractivity contribution in [3.05, 3.63) is 94.8 Å². The van der Waals surface area contributed by atoms with E-state index in [2.05, 4.69) is 72.0 Å². The van der Waals surface area contributed by atoms with E-state index in [1.807, 2.05) is 0 Å². The summed E-state index contributed by atoms with van der Waals surface area (Å²) in [5.41, 5.74) is 8.45. The lowest BCUT2D eigenvalue weighted by molar-refractivity contribution is 0.142. The first-order valence-corrected chi connectivity index (χ1v) is 16.8. The molecular formula is C38H48N2. The molecule has 2 aromatic carbocycles. The van der Waals surface area contributed by atoms with E-state index in [1.54, 1.807) is 11.1 Å². The first-order chi connectivity index (χ1) is 19.8. The molecule has 40 heavy (non-hydrogen) atoms. The number of para-hydroxylation sites is 1. The molecule has 7 rings (SSSR count). The molecule has 4 atom stereocenters. The van der Waals surface area contributed by atoms with Crippen molar-refractivity contribution in [3.63, 3.8) is 0 Å². The molecule has 0 aliphatic heterocycles. The third-order valence-electron chi connectivity index (χ3n) is 11.2. The van der Waals surface area contributed by atoms with Gasteiger partial charge in [0.1, 0.15) is 0 Å². The summed E-state index contributed by atoms with van der Waals surface area (Å²) in [5.74, 6) is 3.77. The number of nitrogens with one attached hydrogen (secondary N) is 1. The Morgan fingerprint density at radius 2 is 1.20 bits per heavy atom. The molecule has 1 heterocycles. The van der Waals surface area contributed by atoms with Gasteiger partial charge in [-0.3, -0.25) is 4.98 Å². The van der Waals surface area contributed by atoms with E-state index in [1.165, 1.54) is 119 Å². The molecular weight excluding hydrogens is 484 g/mol. The lowest BCUT2D eigenvalue weighted by Gasteiger charge is -2.41. The van der Waals surface area contributed by atoms with Crippen LogP contribution in [0, 0.1) is 11.8 Å². The fourth-order valence-electron chi connectivity index (χ4n) is 9.17. The average molecular weight is 533 g/mol. The third-order valence-corrected chi connectivity index (χ3v) is 11.2. The number of rotatable bonds is 7. The molecule has 4 aliphatic carbocycles. The van der Waals surface area contributed by atoms with Crippen LogP contribution in [0.1, 0.15) is 148 Å². The smallest absolute Gasteiger partial charge is 0.0940 e. The molecule has 2 heteroatoms. The van der Waals surface area contributed by atoms with Gasteiger partial charge in [-0.15, -0.1) is 0 Å². The van der Waals surface area contributed by atoms with Crippen molar-refractivity contribution in [1.29, 1.82) is 0 Å². The van der Waals surface area contributed by atoms with Crippen LogP contribution in [0.2, 0.25) is 0 Å². The second kappa shape index (κ2) is 12.1. The zero-order chi connectivity index (χ0) is 26.7. The highest BCUT2D eigenvalue weighted by Crippen LogP contribution is 2.49. The maximum atomic E-state index is 5.55. The largest absolute Gasteiger partial charge is 0.372 e. The van der Waals surface area contributed by atoms with Gasteiger partial charge in [0, 0.05) is 17.3 Å². The number of hydrogen-bond donors (Lipinski definition) is 1. The van der Waals surface area contributed by atoms with Gasteiger partial charge in [0.05, 0.1) is 11.7 Å². The molecule has 1 N–H and O–H groups in total. The molecule has 0 spiro atoms. The van der Waals surface area contributed by atoms with Gasteiger partial charge in [-0.1, -0.05) is 112 Å². The third kappa shape index (κ3) is 5.36. The Morgan fingerprint density at radius 1 is 0.575 bits per heavy atom. The van der Waals surface area contributed by atoms with Crippen molar-refractivity contribution < 1.29 is 0 Å². The summed E-state index contributed by atoms with van der Waals surface area (Å²) in [4.78, 5) is 5.55. The van der Waals surface area contributed by atoms with Gasteiger partial charge < -0.3 is 5.32 Å². The Bertz CT molecular complexity index is 1220. The Balaban J connectivity index is 1.28. The summed E-state index contributed by atoms with van der Waals surface area (Å²) < 4.78 is 0. The zero-order valence-electron chi connectivity index (χ0n) is 24.4. The summed E-state index contributed by atoms with van der Waals surface area (Å²) in [6.07, 6.45) is 20.6. The Kier molecular flexibility index (Phi) is 7.95. The molecule has 4 saturated carbocycles. The topological polar surface area (TPSA) is 24.9 Å². The minimum Gasteiger partial charge on any atom is -0.372 e. The molecule has 3 aromatic rings. The van der Waals surface area contributed by atoms with Crippen molar-refractivity contribution in [2.75, 3.05) is 5.32 Å². The molecule has 210 valence electrons. The van der Waals surface area contributed by atoms with Crippen molar-refractivity contribution in [2.45, 2.75) is 120 Å². The first kappa shape index (κ1) is 26.3. The highest BCUT2D eigenvalue weighted by Gasteiger charge is 2.36. The maximum Gasteiger partial charge on any atom is 0.0940 e. The zero-order valence-corrected chi connectivity index (χ0v) is 24.4. The van der Waals surface area contributed by atoms with Crippen LogP contribution < -0.4 is 5.32 Å². The maximum absolute atomic E-state index is 5.55. The second-order valence-corrected chi connectivity index (χ2v) is 13.5. The standard InChI is InChI=1S/C38H48N2/c1-2-18-30(19-3-1)37(36-26-12-25-35(39-36)34-24-10-20-27-13-8-9-21-31(27)34)40-38-32(28-14-4-5-15-28)22-11-23-33(38)29-16-6-7-17-29/h1-3,11-12,18-19,22-23,25-29,31,34,37,40H,4-10,13-17,20-21,24H2. The lowest BCUT2D eigenvalue weighted by atomic mass is 9.64. The van der Waals surface area contributed by atoms with Gasteiger partial charge in [-0.05, 0) is 91.0 Å². The number of nitrogens with zero attached hydrogens (tertiary/aromatic N) is 1.